The average molecular weight is 529 g/mol. The Morgan fingerprint density at radius 3 is 2.58 bits per heavy atom. The van der Waals surface area contributed by atoms with Crippen LogP contribution in [0.5, 0.6) is 0 Å². The van der Waals surface area contributed by atoms with Crippen molar-refractivity contribution in [3.8, 4) is 11.3 Å². The van der Waals surface area contributed by atoms with Gasteiger partial charge in [0.1, 0.15) is 5.69 Å². The van der Waals surface area contributed by atoms with Gasteiger partial charge < -0.3 is 25.7 Å². The van der Waals surface area contributed by atoms with Crippen LogP contribution in [-0.4, -0.2) is 47.1 Å². The SMILES string of the molecule is NC(=O)c1cccc(-c2cnc(NC3CCCC[C@H]3NC3CCCN(c4ccc(C(F)(F)F)nc4)C3)o2)c1. The fourth-order valence-corrected chi connectivity index (χ4v) is 5.35. The minimum atomic E-state index is -4.44. The Labute approximate surface area is 218 Å². The molecule has 1 aliphatic heterocycles. The Hall–Kier alpha value is -3.60. The summed E-state index contributed by atoms with van der Waals surface area (Å²) >= 11 is 0. The molecule has 0 spiro atoms. The molecule has 1 amide bonds. The lowest BCUT2D eigenvalue weighted by Gasteiger charge is -2.40. The molecule has 1 saturated carbocycles. The van der Waals surface area contributed by atoms with Gasteiger partial charge in [0.2, 0.25) is 5.91 Å². The third-order valence-electron chi connectivity index (χ3n) is 7.29. The summed E-state index contributed by atoms with van der Waals surface area (Å²) in [5.41, 5.74) is 6.35. The van der Waals surface area contributed by atoms with Gasteiger partial charge in [-0.3, -0.25) is 4.79 Å². The van der Waals surface area contributed by atoms with Crippen LogP contribution in [0.4, 0.5) is 24.9 Å². The van der Waals surface area contributed by atoms with Gasteiger partial charge in [-0.25, -0.2) is 9.97 Å². The van der Waals surface area contributed by atoms with E-state index in [1.54, 1.807) is 24.4 Å². The molecular weight excluding hydrogens is 497 g/mol. The maximum Gasteiger partial charge on any atom is 0.433 e. The van der Waals surface area contributed by atoms with Crippen LogP contribution in [0.15, 0.2) is 53.2 Å². The zero-order valence-corrected chi connectivity index (χ0v) is 20.9. The van der Waals surface area contributed by atoms with Gasteiger partial charge in [-0.1, -0.05) is 25.0 Å². The summed E-state index contributed by atoms with van der Waals surface area (Å²) in [6.07, 6.45) is 4.62. The van der Waals surface area contributed by atoms with Gasteiger partial charge in [-0.05, 0) is 49.9 Å². The Bertz CT molecular complexity index is 1250. The molecule has 38 heavy (non-hydrogen) atoms. The number of piperidine rings is 1. The van der Waals surface area contributed by atoms with Gasteiger partial charge in [0.05, 0.1) is 18.1 Å². The van der Waals surface area contributed by atoms with Crippen LogP contribution in [0, 0.1) is 0 Å². The molecule has 1 saturated heterocycles. The minimum Gasteiger partial charge on any atom is -0.424 e. The van der Waals surface area contributed by atoms with E-state index in [1.807, 2.05) is 6.07 Å². The summed E-state index contributed by atoms with van der Waals surface area (Å²) < 4.78 is 44.6. The molecule has 4 N–H and O–H groups in total. The quantitative estimate of drug-likeness (QED) is 0.403. The number of nitrogens with one attached hydrogen (secondary N) is 2. The van der Waals surface area contributed by atoms with Crippen molar-refractivity contribution in [3.63, 3.8) is 0 Å². The van der Waals surface area contributed by atoms with Crippen LogP contribution in [0.2, 0.25) is 0 Å². The second kappa shape index (κ2) is 11.0. The fourth-order valence-electron chi connectivity index (χ4n) is 5.35. The lowest BCUT2D eigenvalue weighted by atomic mass is 9.89. The van der Waals surface area contributed by atoms with Crippen molar-refractivity contribution >= 4 is 17.6 Å². The normalized spacial score (nSPS) is 22.3. The third kappa shape index (κ3) is 6.09. The van der Waals surface area contributed by atoms with Crippen molar-refractivity contribution in [3.05, 3.63) is 60.0 Å². The van der Waals surface area contributed by atoms with Crippen molar-refractivity contribution < 1.29 is 22.4 Å². The Balaban J connectivity index is 1.22. The smallest absolute Gasteiger partial charge is 0.424 e. The van der Waals surface area contributed by atoms with E-state index < -0.39 is 17.8 Å². The van der Waals surface area contributed by atoms with Crippen LogP contribution >= 0.6 is 0 Å². The number of pyridine rings is 1. The third-order valence-corrected chi connectivity index (χ3v) is 7.29. The number of aromatic nitrogens is 2. The zero-order valence-electron chi connectivity index (χ0n) is 20.9. The monoisotopic (exact) mass is 528 g/mol. The van der Waals surface area contributed by atoms with E-state index in [2.05, 4.69) is 25.5 Å². The van der Waals surface area contributed by atoms with Crippen molar-refractivity contribution in [2.24, 2.45) is 5.73 Å². The predicted molar refractivity (Wildman–Crippen MR) is 138 cm³/mol. The maximum atomic E-state index is 12.9. The Kier molecular flexibility index (Phi) is 7.55. The van der Waals surface area contributed by atoms with E-state index in [1.165, 1.54) is 12.3 Å². The van der Waals surface area contributed by atoms with E-state index in [4.69, 9.17) is 10.2 Å². The number of benzene rings is 1. The molecular formula is C27H31F3N6O2. The number of carbonyl (C=O) groups is 1. The standard InChI is InChI=1S/C27H31F3N6O2/c28-27(29,30)24-11-10-20(14-32-24)36-12-4-7-19(16-36)34-21-8-1-2-9-22(21)35-26-33-15-23(38-26)17-5-3-6-18(13-17)25(31)37/h3,5-6,10-11,13-15,19,21-22,34H,1-2,4,7-9,12,16H2,(H2,31,37)(H,33,35)/t19?,21-,22?/m1/s1. The molecule has 202 valence electrons. The van der Waals surface area contributed by atoms with Crippen LogP contribution in [0.3, 0.4) is 0 Å². The van der Waals surface area contributed by atoms with Gasteiger partial charge in [-0.15, -0.1) is 0 Å². The molecule has 2 fully saturated rings. The summed E-state index contributed by atoms with van der Waals surface area (Å²) in [5, 5.41) is 7.25. The second-order valence-corrected chi connectivity index (χ2v) is 9.97. The Morgan fingerprint density at radius 2 is 1.84 bits per heavy atom. The van der Waals surface area contributed by atoms with Crippen molar-refractivity contribution in [1.82, 2.24) is 15.3 Å². The van der Waals surface area contributed by atoms with Crippen molar-refractivity contribution in [2.45, 2.75) is 62.8 Å². The molecule has 11 heteroatoms. The van der Waals surface area contributed by atoms with Crippen LogP contribution in [0.25, 0.3) is 11.3 Å². The highest BCUT2D eigenvalue weighted by Crippen LogP contribution is 2.30. The topological polar surface area (TPSA) is 109 Å². The van der Waals surface area contributed by atoms with Gasteiger partial charge in [0, 0.05) is 42.3 Å². The highest BCUT2D eigenvalue weighted by atomic mass is 19.4. The molecule has 8 nitrogen and oxygen atoms in total. The molecule has 3 heterocycles. The number of halogens is 3. The number of hydrogen-bond donors (Lipinski definition) is 3. The number of hydrogen-bond acceptors (Lipinski definition) is 7. The summed E-state index contributed by atoms with van der Waals surface area (Å²) in [6.45, 7) is 1.49. The molecule has 3 aromatic rings. The number of nitrogens with two attached hydrogens (primary N) is 1. The summed E-state index contributed by atoms with van der Waals surface area (Å²) in [4.78, 5) is 21.6. The van der Waals surface area contributed by atoms with Crippen molar-refractivity contribution in [1.29, 1.82) is 0 Å². The summed E-state index contributed by atoms with van der Waals surface area (Å²) in [6, 6.07) is 10.4. The number of amides is 1. The first kappa shape index (κ1) is 26.0. The molecule has 3 atom stereocenters. The lowest BCUT2D eigenvalue weighted by Crippen LogP contribution is -2.54. The number of carbonyl (C=O) groups excluding carboxylic acids is 1. The molecule has 1 aromatic carbocycles. The molecule has 0 radical (unpaired) electrons. The van der Waals surface area contributed by atoms with Crippen molar-refractivity contribution in [2.75, 3.05) is 23.3 Å². The van der Waals surface area contributed by atoms with E-state index in [9.17, 15) is 18.0 Å². The van der Waals surface area contributed by atoms with Crippen LogP contribution in [0.1, 0.15) is 54.6 Å². The highest BCUT2D eigenvalue weighted by molar-refractivity contribution is 5.93. The van der Waals surface area contributed by atoms with Crippen LogP contribution in [-0.2, 0) is 6.18 Å². The first-order chi connectivity index (χ1) is 18.3. The zero-order chi connectivity index (χ0) is 26.7. The predicted octanol–water partition coefficient (Wildman–Crippen LogP) is 4.84. The summed E-state index contributed by atoms with van der Waals surface area (Å²) in [5.74, 6) is 0.0423. The van der Waals surface area contributed by atoms with Gasteiger partial charge >= 0.3 is 6.18 Å². The largest absolute Gasteiger partial charge is 0.433 e. The molecule has 2 aliphatic rings. The second-order valence-electron chi connectivity index (χ2n) is 9.97. The number of anilines is 2. The lowest BCUT2D eigenvalue weighted by molar-refractivity contribution is -0.141. The number of primary amides is 1. The van der Waals surface area contributed by atoms with E-state index in [-0.39, 0.29) is 18.1 Å². The highest BCUT2D eigenvalue weighted by Gasteiger charge is 2.33. The van der Waals surface area contributed by atoms with Gasteiger partial charge in [0.25, 0.3) is 6.01 Å². The van der Waals surface area contributed by atoms with E-state index in [0.29, 0.717) is 29.6 Å². The first-order valence-electron chi connectivity index (χ1n) is 12.9. The van der Waals surface area contributed by atoms with Gasteiger partial charge in [-0.2, -0.15) is 13.2 Å². The Morgan fingerprint density at radius 1 is 1.03 bits per heavy atom. The summed E-state index contributed by atoms with van der Waals surface area (Å²) in [7, 11) is 0. The number of nitrogens with zero attached hydrogens (tertiary/aromatic N) is 3. The fraction of sp³-hybridized carbons (Fsp3) is 0.444. The maximum absolute atomic E-state index is 12.9. The minimum absolute atomic E-state index is 0.121. The molecule has 2 unspecified atom stereocenters. The van der Waals surface area contributed by atoms with E-state index >= 15 is 0 Å². The van der Waals surface area contributed by atoms with E-state index in [0.717, 1.165) is 56.7 Å². The molecule has 5 rings (SSSR count). The average Bonchev–Trinajstić information content (AvgIpc) is 3.38. The molecule has 1 aliphatic carbocycles. The first-order valence-corrected chi connectivity index (χ1v) is 12.9. The van der Waals surface area contributed by atoms with Crippen LogP contribution < -0.4 is 21.3 Å². The van der Waals surface area contributed by atoms with Gasteiger partial charge in [0.15, 0.2) is 5.76 Å². The molecule has 0 bridgehead atoms. The number of rotatable bonds is 7. The number of oxazole rings is 1. The molecule has 2 aromatic heterocycles. The number of alkyl halides is 3.